The number of likely N-dealkylation sites (N-methyl/N-ethyl adjacent to an activating group) is 1. The van der Waals surface area contributed by atoms with Crippen LogP contribution in [0.2, 0.25) is 0 Å². The van der Waals surface area contributed by atoms with Crippen LogP contribution in [0.3, 0.4) is 0 Å². The zero-order valence-corrected chi connectivity index (χ0v) is 9.37. The van der Waals surface area contributed by atoms with Crippen LogP contribution < -0.4 is 5.32 Å². The maximum atomic E-state index is 9.22. The Morgan fingerprint density at radius 1 is 1.36 bits per heavy atom. The topological polar surface area (TPSA) is 102 Å². The molecule has 14 heavy (non-hydrogen) atoms. The fourth-order valence-corrected chi connectivity index (χ4v) is 0.308. The Morgan fingerprint density at radius 2 is 1.86 bits per heavy atom. The molecule has 8 heteroatoms. The largest absolute Gasteiger partial charge is 0.726 e. The van der Waals surface area contributed by atoms with Crippen LogP contribution in [0.4, 0.5) is 0 Å². The summed E-state index contributed by atoms with van der Waals surface area (Å²) in [6.07, 6.45) is 0. The average Bonchev–Trinajstić information content (AvgIpc) is 2.13. The van der Waals surface area contributed by atoms with E-state index in [-0.39, 0.29) is 0 Å². The predicted molar refractivity (Wildman–Crippen MR) is 47.0 cm³/mol. The highest BCUT2D eigenvalue weighted by Gasteiger charge is 1.83. The molecule has 0 amide bonds. The summed E-state index contributed by atoms with van der Waals surface area (Å²) < 4.78 is 31.0. The lowest BCUT2D eigenvalue weighted by Gasteiger charge is -1.98. The zero-order chi connectivity index (χ0) is 11.4. The van der Waals surface area contributed by atoms with Crippen molar-refractivity contribution in [2.75, 3.05) is 33.9 Å². The molecule has 2 N–H and O–H groups in total. The van der Waals surface area contributed by atoms with Crippen LogP contribution in [0.25, 0.3) is 0 Å². The average molecular weight is 231 g/mol. The first-order chi connectivity index (χ1) is 6.47. The Kier molecular flexibility index (Phi) is 12.5. The van der Waals surface area contributed by atoms with E-state index in [0.717, 1.165) is 13.7 Å². The van der Waals surface area contributed by atoms with Gasteiger partial charge >= 0.3 is 0 Å². The molecule has 0 aliphatic rings. The van der Waals surface area contributed by atoms with E-state index in [2.05, 4.69) is 9.07 Å². The van der Waals surface area contributed by atoms with Crippen molar-refractivity contribution < 1.29 is 32.2 Å². The maximum Gasteiger partial charge on any atom is 0.217 e. The van der Waals surface area contributed by atoms with Gasteiger partial charge in [0.2, 0.25) is 10.4 Å². The molecule has 0 unspecified atom stereocenters. The number of nitrogens with two attached hydrogens (primary N) is 1. The first-order valence-corrected chi connectivity index (χ1v) is 5.34. The highest BCUT2D eigenvalue weighted by atomic mass is 32.3. The lowest BCUT2D eigenvalue weighted by atomic mass is 10.7. The number of quaternary nitrogens is 1. The summed E-state index contributed by atoms with van der Waals surface area (Å²) in [7, 11) is -1.61. The van der Waals surface area contributed by atoms with Gasteiger partial charge in [0.15, 0.2) is 0 Å². The maximum absolute atomic E-state index is 9.22. The van der Waals surface area contributed by atoms with Crippen molar-refractivity contribution in [1.82, 2.24) is 0 Å². The summed E-state index contributed by atoms with van der Waals surface area (Å²) in [4.78, 5) is 9.31. The molecular formula is C6H17NO6S. The number of hydrogen-bond acceptors (Lipinski definition) is 6. The molecule has 0 saturated heterocycles. The van der Waals surface area contributed by atoms with E-state index >= 15 is 0 Å². The third-order valence-corrected chi connectivity index (χ3v) is 1.30. The van der Waals surface area contributed by atoms with Gasteiger partial charge in [-0.2, -0.15) is 0 Å². The molecule has 0 aromatic heterocycles. The molecule has 0 heterocycles. The fourth-order valence-electron chi connectivity index (χ4n) is 0.308. The normalized spacial score (nSPS) is 10.6. The lowest BCUT2D eigenvalue weighted by Crippen LogP contribution is -2.80. The number of rotatable bonds is 6. The van der Waals surface area contributed by atoms with Gasteiger partial charge in [0.05, 0.1) is 20.8 Å². The fraction of sp³-hybridized carbons (Fsp3) is 1.00. The Labute approximate surface area is 84.2 Å². The van der Waals surface area contributed by atoms with Crippen molar-refractivity contribution in [2.45, 2.75) is 6.92 Å². The van der Waals surface area contributed by atoms with E-state index in [0.29, 0.717) is 13.2 Å². The molecule has 0 aliphatic heterocycles. The molecule has 0 aromatic rings. The molecule has 0 bridgehead atoms. The minimum atomic E-state index is -4.41. The Morgan fingerprint density at radius 3 is 2.14 bits per heavy atom. The summed E-state index contributed by atoms with van der Waals surface area (Å²) in [6.45, 7) is 4.16. The van der Waals surface area contributed by atoms with Gasteiger partial charge in [0.25, 0.3) is 0 Å². The van der Waals surface area contributed by atoms with E-state index in [9.17, 15) is 13.0 Å². The van der Waals surface area contributed by atoms with Gasteiger partial charge in [-0.25, -0.2) is 18.2 Å². The zero-order valence-electron chi connectivity index (χ0n) is 8.56. The van der Waals surface area contributed by atoms with Crippen molar-refractivity contribution in [3.05, 3.63) is 0 Å². The highest BCUT2D eigenvalue weighted by molar-refractivity contribution is 7.80. The standard InChI is InChI=1S/C5H13NO2.CH4O4S/c1-3-7-8-5-4-6-2;1-5-6(2,3)4/h6H,3-5H2,1-2H3;1H3,(H,2,3,4). The van der Waals surface area contributed by atoms with Crippen LogP contribution in [0.5, 0.6) is 0 Å². The molecule has 88 valence electrons. The molecule has 0 spiro atoms. The summed E-state index contributed by atoms with van der Waals surface area (Å²) in [6, 6.07) is 0. The van der Waals surface area contributed by atoms with Gasteiger partial charge in [0.1, 0.15) is 13.2 Å². The SMILES string of the molecule is CCOOCC[NH2+]C.COS(=O)(=O)[O-]. The second-order valence-corrected chi connectivity index (χ2v) is 3.15. The van der Waals surface area contributed by atoms with Crippen molar-refractivity contribution in [1.29, 1.82) is 0 Å². The summed E-state index contributed by atoms with van der Waals surface area (Å²) in [5, 5.41) is 2.04. The van der Waals surface area contributed by atoms with Crippen LogP contribution in [0.1, 0.15) is 6.92 Å². The molecule has 0 saturated carbocycles. The minimum absolute atomic E-state index is 0.629. The van der Waals surface area contributed by atoms with E-state index in [4.69, 9.17) is 4.89 Å². The van der Waals surface area contributed by atoms with Gasteiger partial charge < -0.3 is 9.87 Å². The van der Waals surface area contributed by atoms with E-state index in [1.807, 2.05) is 19.3 Å². The van der Waals surface area contributed by atoms with E-state index < -0.39 is 10.4 Å². The first-order valence-electron chi connectivity index (χ1n) is 4.01. The van der Waals surface area contributed by atoms with Crippen LogP contribution in [-0.2, 0) is 24.4 Å². The Hall–Kier alpha value is -0.250. The molecule has 0 aliphatic carbocycles. The molecule has 0 radical (unpaired) electrons. The third kappa shape index (κ3) is 22.6. The van der Waals surface area contributed by atoms with Crippen molar-refractivity contribution >= 4 is 10.4 Å². The van der Waals surface area contributed by atoms with E-state index in [1.165, 1.54) is 0 Å². The Bertz CT molecular complexity index is 186. The molecule has 7 nitrogen and oxygen atoms in total. The number of hydrogen-bond donors (Lipinski definition) is 1. The van der Waals surface area contributed by atoms with Crippen LogP contribution in [-0.4, -0.2) is 46.9 Å². The molecule has 0 fully saturated rings. The highest BCUT2D eigenvalue weighted by Crippen LogP contribution is 1.74. The summed E-state index contributed by atoms with van der Waals surface area (Å²) >= 11 is 0. The molecule has 0 aromatic carbocycles. The first kappa shape index (κ1) is 16.2. The summed E-state index contributed by atoms with van der Waals surface area (Å²) in [5.41, 5.74) is 0. The van der Waals surface area contributed by atoms with Crippen LogP contribution in [0, 0.1) is 0 Å². The van der Waals surface area contributed by atoms with E-state index in [1.54, 1.807) is 0 Å². The molecular weight excluding hydrogens is 214 g/mol. The van der Waals surface area contributed by atoms with Crippen molar-refractivity contribution in [3.63, 3.8) is 0 Å². The quantitative estimate of drug-likeness (QED) is 0.191. The van der Waals surface area contributed by atoms with Crippen molar-refractivity contribution in [2.24, 2.45) is 0 Å². The Balaban J connectivity index is 0. The minimum Gasteiger partial charge on any atom is -0.726 e. The second kappa shape index (κ2) is 10.8. The molecule has 0 rings (SSSR count). The van der Waals surface area contributed by atoms with Crippen LogP contribution >= 0.6 is 0 Å². The van der Waals surface area contributed by atoms with Gasteiger partial charge in [-0.15, -0.1) is 0 Å². The summed E-state index contributed by atoms with van der Waals surface area (Å²) in [5.74, 6) is 0. The second-order valence-electron chi connectivity index (χ2n) is 2.00. The van der Waals surface area contributed by atoms with Gasteiger partial charge in [-0.3, -0.25) is 4.18 Å². The van der Waals surface area contributed by atoms with Gasteiger partial charge in [-0.05, 0) is 6.92 Å². The van der Waals surface area contributed by atoms with Gasteiger partial charge in [-0.1, -0.05) is 0 Å². The lowest BCUT2D eigenvalue weighted by molar-refractivity contribution is -0.632. The third-order valence-electron chi connectivity index (χ3n) is 0.895. The smallest absolute Gasteiger partial charge is 0.217 e. The molecule has 0 atom stereocenters. The van der Waals surface area contributed by atoms with Crippen molar-refractivity contribution in [3.8, 4) is 0 Å². The monoisotopic (exact) mass is 231 g/mol. The predicted octanol–water partition coefficient (Wildman–Crippen LogP) is -1.76. The van der Waals surface area contributed by atoms with Gasteiger partial charge in [0, 0.05) is 0 Å². The van der Waals surface area contributed by atoms with Crippen LogP contribution in [0.15, 0.2) is 0 Å².